The molecule has 0 aromatic carbocycles. The Kier molecular flexibility index (Phi) is 5.01. The quantitative estimate of drug-likeness (QED) is 0.478. The van der Waals surface area contributed by atoms with Crippen LogP contribution in [0.3, 0.4) is 0 Å². The van der Waals surface area contributed by atoms with Gasteiger partial charge in [0.25, 0.3) is 0 Å². The molecule has 0 aliphatic carbocycles. The molecule has 0 bridgehead atoms. The van der Waals surface area contributed by atoms with Crippen molar-refractivity contribution in [2.75, 3.05) is 13.1 Å². The summed E-state index contributed by atoms with van der Waals surface area (Å²) in [7, 11) is 0. The van der Waals surface area contributed by atoms with Crippen molar-refractivity contribution in [1.29, 1.82) is 0 Å². The van der Waals surface area contributed by atoms with Crippen molar-refractivity contribution in [3.8, 4) is 0 Å². The molecule has 0 unspecified atom stereocenters. The molecule has 50 valence electrons. The molecule has 0 aromatic rings. The highest BCUT2D eigenvalue weighted by Crippen LogP contribution is 1.99. The van der Waals surface area contributed by atoms with Gasteiger partial charge in [0.05, 0.1) is 0 Å². The molecule has 2 heteroatoms. The number of nitrogens with zero attached hydrogens (tertiary/aromatic N) is 1. The molecule has 0 saturated carbocycles. The second-order valence-corrected chi connectivity index (χ2v) is 1.74. The van der Waals surface area contributed by atoms with Gasteiger partial charge in [0, 0.05) is 13.1 Å². The maximum atomic E-state index is 5.37. The fourth-order valence-corrected chi connectivity index (χ4v) is 0.742. The first-order valence-electron chi connectivity index (χ1n) is 3.39. The zero-order valence-electron chi connectivity index (χ0n) is 5.85. The lowest BCUT2D eigenvalue weighted by molar-refractivity contribution is 0.355. The fourth-order valence-electron chi connectivity index (χ4n) is 0.742. The van der Waals surface area contributed by atoms with Gasteiger partial charge in [0.15, 0.2) is 0 Å². The minimum absolute atomic E-state index is 1.10. The molecular formula is C6H16N2. The number of hydrazine groups is 1. The predicted octanol–water partition coefficient (Wildman–Crippen LogP) is 0.982. The van der Waals surface area contributed by atoms with Gasteiger partial charge in [0.2, 0.25) is 0 Å². The third-order valence-corrected chi connectivity index (χ3v) is 1.14. The topological polar surface area (TPSA) is 29.3 Å². The Bertz CT molecular complexity index is 39.8. The Morgan fingerprint density at radius 1 is 1.12 bits per heavy atom. The van der Waals surface area contributed by atoms with Crippen LogP contribution in [-0.4, -0.2) is 18.1 Å². The van der Waals surface area contributed by atoms with Gasteiger partial charge in [-0.15, -0.1) is 0 Å². The maximum absolute atomic E-state index is 5.37. The Labute approximate surface area is 51.6 Å². The number of nitrogens with two attached hydrogens (primary N) is 1. The van der Waals surface area contributed by atoms with Gasteiger partial charge >= 0.3 is 0 Å². The normalized spacial score (nSPS) is 19.9. The second kappa shape index (κ2) is 5.06. The summed E-state index contributed by atoms with van der Waals surface area (Å²) >= 11 is 0. The Hall–Kier alpha value is -0.0800. The van der Waals surface area contributed by atoms with Gasteiger partial charge in [-0.25, -0.2) is 5.01 Å². The van der Waals surface area contributed by atoms with Gasteiger partial charge < -0.3 is 0 Å². The summed E-state index contributed by atoms with van der Waals surface area (Å²) < 4.78 is 0. The molecule has 0 aromatic heterocycles. The molecule has 1 heterocycles. The average molecular weight is 116 g/mol. The Balaban J connectivity index is 0.000000222. The molecule has 0 atom stereocenters. The third-order valence-electron chi connectivity index (χ3n) is 1.14. The van der Waals surface area contributed by atoms with Crippen molar-refractivity contribution in [2.45, 2.75) is 26.7 Å². The van der Waals surface area contributed by atoms with E-state index >= 15 is 0 Å². The van der Waals surface area contributed by atoms with Crippen molar-refractivity contribution in [2.24, 2.45) is 5.84 Å². The van der Waals surface area contributed by atoms with E-state index in [0.29, 0.717) is 0 Å². The van der Waals surface area contributed by atoms with E-state index in [-0.39, 0.29) is 0 Å². The van der Waals surface area contributed by atoms with E-state index in [4.69, 9.17) is 5.84 Å². The summed E-state index contributed by atoms with van der Waals surface area (Å²) in [6.07, 6.45) is 2.58. The lowest BCUT2D eigenvalue weighted by Gasteiger charge is -2.01. The molecule has 1 fully saturated rings. The Morgan fingerprint density at radius 3 is 1.62 bits per heavy atom. The molecule has 0 spiro atoms. The molecular weight excluding hydrogens is 100 g/mol. The van der Waals surface area contributed by atoms with Gasteiger partial charge in [0.1, 0.15) is 0 Å². The van der Waals surface area contributed by atoms with Crippen molar-refractivity contribution in [3.05, 3.63) is 0 Å². The zero-order valence-corrected chi connectivity index (χ0v) is 5.85. The summed E-state index contributed by atoms with van der Waals surface area (Å²) in [5.41, 5.74) is 0. The molecule has 0 radical (unpaired) electrons. The molecule has 1 saturated heterocycles. The molecule has 1 rings (SSSR count). The van der Waals surface area contributed by atoms with E-state index < -0.39 is 0 Å². The predicted molar refractivity (Wildman–Crippen MR) is 36.3 cm³/mol. The fraction of sp³-hybridized carbons (Fsp3) is 1.00. The monoisotopic (exact) mass is 116 g/mol. The molecule has 0 amide bonds. The summed E-state index contributed by atoms with van der Waals surface area (Å²) in [5.74, 6) is 5.37. The van der Waals surface area contributed by atoms with E-state index in [1.807, 2.05) is 18.9 Å². The maximum Gasteiger partial charge on any atom is 0.0129 e. The summed E-state index contributed by atoms with van der Waals surface area (Å²) in [6.45, 7) is 6.19. The van der Waals surface area contributed by atoms with E-state index in [2.05, 4.69) is 0 Å². The number of hydrogen-bond donors (Lipinski definition) is 1. The van der Waals surface area contributed by atoms with Gasteiger partial charge in [-0.3, -0.25) is 5.84 Å². The van der Waals surface area contributed by atoms with Crippen LogP contribution in [0.25, 0.3) is 0 Å². The van der Waals surface area contributed by atoms with Crippen LogP contribution in [0, 0.1) is 0 Å². The SMILES string of the molecule is CC.NN1CCCC1. The van der Waals surface area contributed by atoms with E-state index in [9.17, 15) is 0 Å². The van der Waals surface area contributed by atoms with Crippen LogP contribution < -0.4 is 5.84 Å². The Morgan fingerprint density at radius 2 is 1.50 bits per heavy atom. The van der Waals surface area contributed by atoms with Crippen LogP contribution in [0.15, 0.2) is 0 Å². The summed E-state index contributed by atoms with van der Waals surface area (Å²) in [6, 6.07) is 0. The van der Waals surface area contributed by atoms with Gasteiger partial charge in [-0.05, 0) is 12.8 Å². The highest BCUT2D eigenvalue weighted by Gasteiger charge is 2.03. The minimum Gasteiger partial charge on any atom is -0.269 e. The summed E-state index contributed by atoms with van der Waals surface area (Å²) in [5, 5.41) is 1.86. The molecule has 2 nitrogen and oxygen atoms in total. The van der Waals surface area contributed by atoms with E-state index in [1.165, 1.54) is 12.8 Å². The lowest BCUT2D eigenvalue weighted by atomic mass is 10.4. The highest BCUT2D eigenvalue weighted by atomic mass is 15.4. The molecule has 8 heavy (non-hydrogen) atoms. The van der Waals surface area contributed by atoms with Crippen molar-refractivity contribution >= 4 is 0 Å². The molecule has 1 aliphatic rings. The van der Waals surface area contributed by atoms with Crippen molar-refractivity contribution < 1.29 is 0 Å². The van der Waals surface area contributed by atoms with E-state index in [0.717, 1.165) is 13.1 Å². The largest absolute Gasteiger partial charge is 0.269 e. The zero-order chi connectivity index (χ0) is 6.41. The lowest BCUT2D eigenvalue weighted by Crippen LogP contribution is -2.26. The first kappa shape index (κ1) is 7.92. The smallest absolute Gasteiger partial charge is 0.0129 e. The van der Waals surface area contributed by atoms with Crippen molar-refractivity contribution in [3.63, 3.8) is 0 Å². The van der Waals surface area contributed by atoms with Crippen LogP contribution in [0.1, 0.15) is 26.7 Å². The second-order valence-electron chi connectivity index (χ2n) is 1.74. The molecule has 2 N–H and O–H groups in total. The number of hydrogen-bond acceptors (Lipinski definition) is 2. The first-order chi connectivity index (χ1) is 3.89. The molecule has 1 aliphatic heterocycles. The van der Waals surface area contributed by atoms with Gasteiger partial charge in [-0.1, -0.05) is 13.8 Å². The third kappa shape index (κ3) is 2.99. The number of rotatable bonds is 0. The first-order valence-corrected chi connectivity index (χ1v) is 3.39. The van der Waals surface area contributed by atoms with Gasteiger partial charge in [-0.2, -0.15) is 0 Å². The highest BCUT2D eigenvalue weighted by molar-refractivity contribution is 4.57. The van der Waals surface area contributed by atoms with Crippen molar-refractivity contribution in [1.82, 2.24) is 5.01 Å². The minimum atomic E-state index is 1.10. The average Bonchev–Trinajstić information content (AvgIpc) is 2.24. The van der Waals surface area contributed by atoms with Crippen LogP contribution >= 0.6 is 0 Å². The van der Waals surface area contributed by atoms with Crippen LogP contribution in [0.5, 0.6) is 0 Å². The van der Waals surface area contributed by atoms with Crippen LogP contribution in [0.2, 0.25) is 0 Å². The standard InChI is InChI=1S/C4H10N2.C2H6/c5-6-3-1-2-4-6;1-2/h1-5H2;1-2H3. The summed E-state index contributed by atoms with van der Waals surface area (Å²) in [4.78, 5) is 0. The van der Waals surface area contributed by atoms with Crippen LogP contribution in [-0.2, 0) is 0 Å². The van der Waals surface area contributed by atoms with E-state index in [1.54, 1.807) is 0 Å². The van der Waals surface area contributed by atoms with Crippen LogP contribution in [0.4, 0.5) is 0 Å².